The molecule has 10 heteroatoms. The summed E-state index contributed by atoms with van der Waals surface area (Å²) in [6.07, 6.45) is 2.03. The molecule has 0 aromatic heterocycles. The summed E-state index contributed by atoms with van der Waals surface area (Å²) in [4.78, 5) is 28.7. The van der Waals surface area contributed by atoms with E-state index in [-0.39, 0.29) is 23.0 Å². The van der Waals surface area contributed by atoms with Gasteiger partial charge in [-0.2, -0.15) is 0 Å². The number of sulfonamides is 1. The number of hydrogen-bond acceptors (Lipinski definition) is 5. The first-order valence-corrected chi connectivity index (χ1v) is 15.7. The van der Waals surface area contributed by atoms with Crippen LogP contribution in [-0.2, 0) is 26.2 Å². The number of unbranched alkanes of at least 4 members (excludes halogenated alkanes) is 1. The largest absolute Gasteiger partial charge is 0.494 e. The van der Waals surface area contributed by atoms with Gasteiger partial charge in [0.15, 0.2) is 0 Å². The maximum atomic E-state index is 14.1. The third-order valence-corrected chi connectivity index (χ3v) is 8.59. The molecule has 1 unspecified atom stereocenters. The van der Waals surface area contributed by atoms with Crippen molar-refractivity contribution in [1.29, 1.82) is 0 Å². The average Bonchev–Trinajstić information content (AvgIpc) is 2.98. The van der Waals surface area contributed by atoms with E-state index in [0.29, 0.717) is 25.3 Å². The Bertz CT molecular complexity index is 1410. The van der Waals surface area contributed by atoms with Crippen molar-refractivity contribution in [2.75, 3.05) is 24.0 Å². The number of amides is 2. The van der Waals surface area contributed by atoms with Gasteiger partial charge in [-0.15, -0.1) is 0 Å². The SMILES string of the molecule is CCCCNC(=O)C(CC)N(Cc1ccc(C)cc1)C(=O)CN(c1ccc(F)cc1)S(=O)(=O)c1ccc(OCC)cc1. The number of anilines is 1. The van der Waals surface area contributed by atoms with Crippen LogP contribution in [0.4, 0.5) is 10.1 Å². The smallest absolute Gasteiger partial charge is 0.264 e. The van der Waals surface area contributed by atoms with E-state index >= 15 is 0 Å². The Morgan fingerprint density at radius 3 is 2.14 bits per heavy atom. The Balaban J connectivity index is 2.02. The normalized spacial score (nSPS) is 11.9. The minimum absolute atomic E-state index is 0.0579. The summed E-state index contributed by atoms with van der Waals surface area (Å²) in [5.74, 6) is -0.898. The van der Waals surface area contributed by atoms with Gasteiger partial charge in [0.2, 0.25) is 11.8 Å². The molecule has 0 saturated heterocycles. The molecule has 0 spiro atoms. The summed E-state index contributed by atoms with van der Waals surface area (Å²) >= 11 is 0. The molecule has 0 saturated carbocycles. The average molecular weight is 598 g/mol. The molecule has 0 bridgehead atoms. The van der Waals surface area contributed by atoms with Crippen molar-refractivity contribution in [2.45, 2.75) is 64.4 Å². The number of nitrogens with one attached hydrogen (secondary N) is 1. The lowest BCUT2D eigenvalue weighted by atomic mass is 10.1. The lowest BCUT2D eigenvalue weighted by Gasteiger charge is -2.33. The van der Waals surface area contributed by atoms with Crippen molar-refractivity contribution in [3.63, 3.8) is 0 Å². The molecular weight excluding hydrogens is 557 g/mol. The number of ether oxygens (including phenoxy) is 1. The molecule has 0 fully saturated rings. The summed E-state index contributed by atoms with van der Waals surface area (Å²) in [6, 6.07) is 17.6. The molecule has 1 atom stereocenters. The van der Waals surface area contributed by atoms with Gasteiger partial charge in [0.25, 0.3) is 10.0 Å². The highest BCUT2D eigenvalue weighted by Gasteiger charge is 2.33. The maximum Gasteiger partial charge on any atom is 0.264 e. The van der Waals surface area contributed by atoms with Crippen LogP contribution >= 0.6 is 0 Å². The monoisotopic (exact) mass is 597 g/mol. The van der Waals surface area contributed by atoms with E-state index in [0.717, 1.165) is 40.4 Å². The van der Waals surface area contributed by atoms with Crippen LogP contribution in [0.15, 0.2) is 77.7 Å². The molecular formula is C32H40FN3O5S. The van der Waals surface area contributed by atoms with Gasteiger partial charge in [-0.05, 0) is 80.8 Å². The molecule has 0 aliphatic rings. The number of carbonyl (C=O) groups excluding carboxylic acids is 2. The van der Waals surface area contributed by atoms with Gasteiger partial charge in [-0.25, -0.2) is 12.8 Å². The van der Waals surface area contributed by atoms with E-state index in [2.05, 4.69) is 5.32 Å². The minimum Gasteiger partial charge on any atom is -0.494 e. The zero-order valence-corrected chi connectivity index (χ0v) is 25.5. The number of aryl methyl sites for hydroxylation is 1. The van der Waals surface area contributed by atoms with Gasteiger partial charge in [0.1, 0.15) is 24.2 Å². The maximum absolute atomic E-state index is 14.1. The van der Waals surface area contributed by atoms with Crippen molar-refractivity contribution in [2.24, 2.45) is 0 Å². The van der Waals surface area contributed by atoms with Crippen molar-refractivity contribution in [1.82, 2.24) is 10.2 Å². The van der Waals surface area contributed by atoms with Gasteiger partial charge in [-0.3, -0.25) is 13.9 Å². The van der Waals surface area contributed by atoms with Gasteiger partial charge in [0, 0.05) is 13.1 Å². The molecule has 3 rings (SSSR count). The molecule has 3 aromatic rings. The highest BCUT2D eigenvalue weighted by atomic mass is 32.2. The highest BCUT2D eigenvalue weighted by Crippen LogP contribution is 2.26. The fourth-order valence-electron chi connectivity index (χ4n) is 4.45. The van der Waals surface area contributed by atoms with E-state index in [1.165, 1.54) is 29.2 Å². The second kappa shape index (κ2) is 15.3. The zero-order chi connectivity index (χ0) is 30.7. The summed E-state index contributed by atoms with van der Waals surface area (Å²) in [7, 11) is -4.27. The number of halogens is 1. The van der Waals surface area contributed by atoms with Gasteiger partial charge < -0.3 is 15.0 Å². The highest BCUT2D eigenvalue weighted by molar-refractivity contribution is 7.92. The number of hydrogen-bond donors (Lipinski definition) is 1. The molecule has 226 valence electrons. The summed E-state index contributed by atoms with van der Waals surface area (Å²) in [6.45, 7) is 8.03. The molecule has 8 nitrogen and oxygen atoms in total. The molecule has 42 heavy (non-hydrogen) atoms. The topological polar surface area (TPSA) is 96.0 Å². The van der Waals surface area contributed by atoms with Crippen LogP contribution in [-0.4, -0.2) is 50.9 Å². The quantitative estimate of drug-likeness (QED) is 0.235. The third kappa shape index (κ3) is 8.55. The van der Waals surface area contributed by atoms with Gasteiger partial charge in [0.05, 0.1) is 17.2 Å². The lowest BCUT2D eigenvalue weighted by molar-refractivity contribution is -0.140. The standard InChI is InChI=1S/C32H40FN3O5S/c1-5-8-21-34-32(38)30(6-2)35(22-25-11-9-24(4)10-12-25)31(37)23-36(27-15-13-26(33)14-16-27)42(39,40)29-19-17-28(18-20-29)41-7-3/h9-20,30H,5-8,21-23H2,1-4H3,(H,34,38). The fraction of sp³-hybridized carbons (Fsp3) is 0.375. The van der Waals surface area contributed by atoms with Crippen LogP contribution < -0.4 is 14.4 Å². The molecule has 3 aromatic carbocycles. The van der Waals surface area contributed by atoms with Crippen molar-refractivity contribution >= 4 is 27.5 Å². The second-order valence-corrected chi connectivity index (χ2v) is 11.8. The minimum atomic E-state index is -4.27. The first-order chi connectivity index (χ1) is 20.1. The van der Waals surface area contributed by atoms with E-state index in [1.54, 1.807) is 12.1 Å². The van der Waals surface area contributed by atoms with Crippen LogP contribution in [0, 0.1) is 12.7 Å². The number of carbonyl (C=O) groups is 2. The van der Waals surface area contributed by atoms with Gasteiger partial charge in [-0.1, -0.05) is 50.1 Å². The van der Waals surface area contributed by atoms with Crippen molar-refractivity contribution in [3.8, 4) is 5.75 Å². The zero-order valence-electron chi connectivity index (χ0n) is 24.7. The summed E-state index contributed by atoms with van der Waals surface area (Å²) < 4.78 is 48.1. The van der Waals surface area contributed by atoms with E-state index in [9.17, 15) is 22.4 Å². The first-order valence-electron chi connectivity index (χ1n) is 14.2. The van der Waals surface area contributed by atoms with Crippen molar-refractivity contribution < 1.29 is 27.1 Å². The number of rotatable bonds is 15. The Morgan fingerprint density at radius 2 is 1.57 bits per heavy atom. The molecule has 0 heterocycles. The van der Waals surface area contributed by atoms with E-state index in [4.69, 9.17) is 4.74 Å². The number of nitrogens with zero attached hydrogens (tertiary/aromatic N) is 2. The van der Waals surface area contributed by atoms with Gasteiger partial charge >= 0.3 is 0 Å². The Morgan fingerprint density at radius 1 is 0.929 bits per heavy atom. The third-order valence-electron chi connectivity index (χ3n) is 6.81. The van der Waals surface area contributed by atoms with E-state index < -0.39 is 34.3 Å². The fourth-order valence-corrected chi connectivity index (χ4v) is 5.87. The van der Waals surface area contributed by atoms with E-state index in [1.807, 2.05) is 52.0 Å². The molecule has 0 aliphatic carbocycles. The Labute approximate surface area is 248 Å². The first kappa shape index (κ1) is 32.6. The second-order valence-electron chi connectivity index (χ2n) is 9.97. The van der Waals surface area contributed by atoms with Crippen LogP contribution in [0.5, 0.6) is 5.75 Å². The summed E-state index contributed by atoms with van der Waals surface area (Å²) in [5, 5.41) is 2.91. The molecule has 2 amide bonds. The summed E-state index contributed by atoms with van der Waals surface area (Å²) in [5.41, 5.74) is 1.97. The van der Waals surface area contributed by atoms with Crippen LogP contribution in [0.25, 0.3) is 0 Å². The Kier molecular flexibility index (Phi) is 11.9. The van der Waals surface area contributed by atoms with Crippen LogP contribution in [0.3, 0.4) is 0 Å². The molecule has 0 aliphatic heterocycles. The predicted octanol–water partition coefficient (Wildman–Crippen LogP) is 5.45. The van der Waals surface area contributed by atoms with Crippen LogP contribution in [0.2, 0.25) is 0 Å². The van der Waals surface area contributed by atoms with Crippen molar-refractivity contribution in [3.05, 3.63) is 89.7 Å². The molecule has 0 radical (unpaired) electrons. The predicted molar refractivity (Wildman–Crippen MR) is 162 cm³/mol. The number of benzene rings is 3. The molecule has 1 N–H and O–H groups in total. The lowest BCUT2D eigenvalue weighted by Crippen LogP contribution is -2.52. The van der Waals surface area contributed by atoms with Crippen LogP contribution in [0.1, 0.15) is 51.2 Å². The Hall–Kier alpha value is -3.92.